The summed E-state index contributed by atoms with van der Waals surface area (Å²) in [5.74, 6) is -1.17. The molecule has 1 aliphatic rings. The van der Waals surface area contributed by atoms with Crippen LogP contribution in [-0.2, 0) is 10.0 Å². The quantitative estimate of drug-likeness (QED) is 0.828. The average molecular weight is 376 g/mol. The van der Waals surface area contributed by atoms with Crippen LogP contribution in [0, 0.1) is 5.41 Å². The first kappa shape index (κ1) is 16.5. The summed E-state index contributed by atoms with van der Waals surface area (Å²) in [7, 11) is -3.69. The van der Waals surface area contributed by atoms with Crippen LogP contribution in [0.15, 0.2) is 27.6 Å². The number of hydrogen-bond donors (Lipinski definition) is 2. The Labute approximate surface area is 132 Å². The van der Waals surface area contributed by atoms with Gasteiger partial charge in [-0.25, -0.2) is 17.9 Å². The number of benzene rings is 1. The minimum atomic E-state index is -3.69. The Morgan fingerprint density at radius 3 is 2.57 bits per heavy atom. The summed E-state index contributed by atoms with van der Waals surface area (Å²) in [4.78, 5) is 11.1. The maximum Gasteiger partial charge on any atom is 0.336 e. The molecular weight excluding hydrogens is 358 g/mol. The van der Waals surface area contributed by atoms with Crippen molar-refractivity contribution in [3.63, 3.8) is 0 Å². The van der Waals surface area contributed by atoms with Crippen LogP contribution >= 0.6 is 15.9 Å². The lowest BCUT2D eigenvalue weighted by Crippen LogP contribution is -2.34. The zero-order valence-corrected chi connectivity index (χ0v) is 14.1. The van der Waals surface area contributed by atoms with Crippen molar-refractivity contribution in [3.05, 3.63) is 28.2 Å². The van der Waals surface area contributed by atoms with Crippen molar-refractivity contribution in [1.82, 2.24) is 4.72 Å². The van der Waals surface area contributed by atoms with E-state index < -0.39 is 16.0 Å². The summed E-state index contributed by atoms with van der Waals surface area (Å²) in [6.45, 7) is 2.46. The van der Waals surface area contributed by atoms with E-state index in [2.05, 4.69) is 27.6 Å². The molecule has 116 valence electrons. The molecule has 2 N–H and O–H groups in total. The van der Waals surface area contributed by atoms with E-state index in [1.807, 2.05) is 0 Å². The Bertz CT molecular complexity index is 651. The number of hydrogen-bond acceptors (Lipinski definition) is 3. The molecule has 0 spiro atoms. The second-order valence-corrected chi connectivity index (χ2v) is 8.41. The number of carboxylic acids is 1. The molecule has 1 saturated carbocycles. The van der Waals surface area contributed by atoms with Crippen LogP contribution in [0.25, 0.3) is 0 Å². The molecule has 1 aliphatic carbocycles. The Balaban J connectivity index is 2.19. The lowest BCUT2D eigenvalue weighted by atomic mass is 9.89. The molecule has 5 nitrogen and oxygen atoms in total. The maximum absolute atomic E-state index is 12.3. The largest absolute Gasteiger partial charge is 0.478 e. The van der Waals surface area contributed by atoms with Gasteiger partial charge in [-0.3, -0.25) is 0 Å². The van der Waals surface area contributed by atoms with Crippen LogP contribution in [0.5, 0.6) is 0 Å². The molecule has 0 atom stereocenters. The van der Waals surface area contributed by atoms with Crippen LogP contribution in [0.1, 0.15) is 43.0 Å². The minimum Gasteiger partial charge on any atom is -0.478 e. The number of rotatable bonds is 5. The van der Waals surface area contributed by atoms with E-state index in [4.69, 9.17) is 5.11 Å². The van der Waals surface area contributed by atoms with E-state index in [1.165, 1.54) is 18.2 Å². The highest BCUT2D eigenvalue weighted by Gasteiger charge is 2.30. The standard InChI is InChI=1S/C14H18BrNO4S/c1-14(6-2-3-7-14)9-16-21(19,20)10-4-5-12(15)11(8-10)13(17)18/h4-5,8,16H,2-3,6-7,9H2,1H3,(H,17,18). The molecular formula is C14H18BrNO4S. The molecule has 0 heterocycles. The third kappa shape index (κ3) is 3.84. The van der Waals surface area contributed by atoms with E-state index in [9.17, 15) is 13.2 Å². The molecule has 0 amide bonds. The highest BCUT2D eigenvalue weighted by molar-refractivity contribution is 9.10. The van der Waals surface area contributed by atoms with Gasteiger partial charge in [0.2, 0.25) is 10.0 Å². The van der Waals surface area contributed by atoms with Gasteiger partial charge >= 0.3 is 5.97 Å². The predicted octanol–water partition coefficient (Wildman–Crippen LogP) is 3.01. The number of nitrogens with one attached hydrogen (secondary N) is 1. The Morgan fingerprint density at radius 1 is 1.38 bits per heavy atom. The molecule has 0 unspecified atom stereocenters. The van der Waals surface area contributed by atoms with Crippen LogP contribution < -0.4 is 4.72 Å². The zero-order valence-electron chi connectivity index (χ0n) is 11.7. The fourth-order valence-corrected chi connectivity index (χ4v) is 4.23. The fourth-order valence-electron chi connectivity index (χ4n) is 2.59. The molecule has 1 aromatic rings. The summed E-state index contributed by atoms with van der Waals surface area (Å²) < 4.78 is 27.6. The fraction of sp³-hybridized carbons (Fsp3) is 0.500. The number of carboxylic acid groups (broad SMARTS) is 1. The summed E-state index contributed by atoms with van der Waals surface area (Å²) >= 11 is 3.10. The van der Waals surface area contributed by atoms with Gasteiger partial charge in [0, 0.05) is 11.0 Å². The molecule has 7 heteroatoms. The van der Waals surface area contributed by atoms with Crippen molar-refractivity contribution in [2.45, 2.75) is 37.5 Å². The second-order valence-electron chi connectivity index (χ2n) is 5.79. The third-order valence-electron chi connectivity index (χ3n) is 3.98. The first-order valence-corrected chi connectivity index (χ1v) is 9.04. The maximum atomic E-state index is 12.3. The second kappa shape index (κ2) is 6.06. The molecule has 0 saturated heterocycles. The highest BCUT2D eigenvalue weighted by atomic mass is 79.9. The molecule has 2 rings (SSSR count). The topological polar surface area (TPSA) is 83.5 Å². The van der Waals surface area contributed by atoms with Gasteiger partial charge in [0.15, 0.2) is 0 Å². The van der Waals surface area contributed by atoms with Gasteiger partial charge < -0.3 is 5.11 Å². The van der Waals surface area contributed by atoms with Crippen molar-refractivity contribution in [2.75, 3.05) is 6.54 Å². The lowest BCUT2D eigenvalue weighted by Gasteiger charge is -2.23. The average Bonchev–Trinajstić information content (AvgIpc) is 2.84. The van der Waals surface area contributed by atoms with Crippen LogP contribution in [-0.4, -0.2) is 26.0 Å². The van der Waals surface area contributed by atoms with Crippen molar-refractivity contribution >= 4 is 31.9 Å². The molecule has 0 aromatic heterocycles. The summed E-state index contributed by atoms with van der Waals surface area (Å²) in [6.07, 6.45) is 4.27. The molecule has 1 fully saturated rings. The van der Waals surface area contributed by atoms with E-state index in [-0.39, 0.29) is 15.9 Å². The molecule has 0 bridgehead atoms. The number of sulfonamides is 1. The van der Waals surface area contributed by atoms with Crippen molar-refractivity contribution in [2.24, 2.45) is 5.41 Å². The van der Waals surface area contributed by atoms with E-state index in [1.54, 1.807) is 0 Å². The molecule has 0 aliphatic heterocycles. The SMILES string of the molecule is CC1(CNS(=O)(=O)c2ccc(Br)c(C(=O)O)c2)CCCC1. The minimum absolute atomic E-state index is 0.00192. The summed E-state index contributed by atoms with van der Waals surface area (Å²) in [5.41, 5.74) is -0.0668. The Hall–Kier alpha value is -0.920. The van der Waals surface area contributed by atoms with Crippen LogP contribution in [0.2, 0.25) is 0 Å². The molecule has 21 heavy (non-hydrogen) atoms. The molecule has 0 radical (unpaired) electrons. The molecule has 1 aromatic carbocycles. The first-order valence-electron chi connectivity index (χ1n) is 6.76. The number of aromatic carboxylic acids is 1. The smallest absolute Gasteiger partial charge is 0.336 e. The van der Waals surface area contributed by atoms with Crippen molar-refractivity contribution < 1.29 is 18.3 Å². The van der Waals surface area contributed by atoms with Crippen molar-refractivity contribution in [1.29, 1.82) is 0 Å². The van der Waals surface area contributed by atoms with Gasteiger partial charge in [-0.05, 0) is 52.4 Å². The third-order valence-corrected chi connectivity index (χ3v) is 6.07. The van der Waals surface area contributed by atoms with Gasteiger partial charge in [0.1, 0.15) is 0 Å². The van der Waals surface area contributed by atoms with Gasteiger partial charge in [-0.1, -0.05) is 19.8 Å². The lowest BCUT2D eigenvalue weighted by molar-refractivity contribution is 0.0695. The monoisotopic (exact) mass is 375 g/mol. The van der Waals surface area contributed by atoms with Crippen molar-refractivity contribution in [3.8, 4) is 0 Å². The number of halogens is 1. The van der Waals surface area contributed by atoms with Crippen LogP contribution in [0.3, 0.4) is 0 Å². The van der Waals surface area contributed by atoms with E-state index in [0.717, 1.165) is 25.7 Å². The van der Waals surface area contributed by atoms with Crippen LogP contribution in [0.4, 0.5) is 0 Å². The van der Waals surface area contributed by atoms with E-state index in [0.29, 0.717) is 11.0 Å². The van der Waals surface area contributed by atoms with Gasteiger partial charge in [-0.15, -0.1) is 0 Å². The zero-order chi connectivity index (χ0) is 15.7. The highest BCUT2D eigenvalue weighted by Crippen LogP contribution is 2.37. The van der Waals surface area contributed by atoms with E-state index >= 15 is 0 Å². The Morgan fingerprint density at radius 2 is 2.00 bits per heavy atom. The predicted molar refractivity (Wildman–Crippen MR) is 82.9 cm³/mol. The van der Waals surface area contributed by atoms with Gasteiger partial charge in [0.05, 0.1) is 10.5 Å². The normalized spacial score (nSPS) is 17.8. The summed E-state index contributed by atoms with van der Waals surface area (Å²) in [6, 6.07) is 4.01. The number of carbonyl (C=O) groups is 1. The Kier molecular flexibility index (Phi) is 4.75. The summed E-state index contributed by atoms with van der Waals surface area (Å²) in [5, 5.41) is 9.05. The van der Waals surface area contributed by atoms with Gasteiger partial charge in [-0.2, -0.15) is 0 Å². The first-order chi connectivity index (χ1) is 9.73. The van der Waals surface area contributed by atoms with Gasteiger partial charge in [0.25, 0.3) is 0 Å².